The van der Waals surface area contributed by atoms with Crippen LogP contribution in [0.5, 0.6) is 11.5 Å². The smallest absolute Gasteiger partial charge is 0.220 e. The summed E-state index contributed by atoms with van der Waals surface area (Å²) in [5.41, 5.74) is 1.24. The first-order chi connectivity index (χ1) is 12.2. The fourth-order valence-electron chi connectivity index (χ4n) is 4.32. The Morgan fingerprint density at radius 1 is 1.08 bits per heavy atom. The number of benzene rings is 2. The lowest BCUT2D eigenvalue weighted by atomic mass is 9.89. The average molecular weight is 340 g/mol. The second-order valence-electron chi connectivity index (χ2n) is 7.03. The molecule has 2 heterocycles. The predicted octanol–water partition coefficient (Wildman–Crippen LogP) is 2.42. The number of hydrogen-bond acceptors (Lipinski definition) is 4. The Kier molecular flexibility index (Phi) is 4.25. The lowest BCUT2D eigenvalue weighted by Gasteiger charge is -2.23. The van der Waals surface area contributed by atoms with Crippen molar-refractivity contribution >= 4 is 16.7 Å². The van der Waals surface area contributed by atoms with Gasteiger partial charge < -0.3 is 14.8 Å². The predicted molar refractivity (Wildman–Crippen MR) is 96.9 cm³/mol. The van der Waals surface area contributed by atoms with Crippen LogP contribution in [-0.4, -0.2) is 44.7 Å². The van der Waals surface area contributed by atoms with Crippen molar-refractivity contribution in [2.75, 3.05) is 33.9 Å². The molecule has 0 radical (unpaired) electrons. The molecule has 0 bridgehead atoms. The normalized spacial score (nSPS) is 23.4. The van der Waals surface area contributed by atoms with Gasteiger partial charge in [0, 0.05) is 43.4 Å². The SMILES string of the molecule is COc1ccc(CN2C[C@H]3CC(=O)NC[C@H]3C2)c2c(OC)cccc12. The van der Waals surface area contributed by atoms with Crippen LogP contribution in [-0.2, 0) is 11.3 Å². The summed E-state index contributed by atoms with van der Waals surface area (Å²) >= 11 is 0. The maximum Gasteiger partial charge on any atom is 0.220 e. The van der Waals surface area contributed by atoms with Crippen molar-refractivity contribution in [3.05, 3.63) is 35.9 Å². The molecule has 0 unspecified atom stereocenters. The maximum atomic E-state index is 11.6. The van der Waals surface area contributed by atoms with E-state index >= 15 is 0 Å². The van der Waals surface area contributed by atoms with Crippen LogP contribution in [0.25, 0.3) is 10.8 Å². The van der Waals surface area contributed by atoms with Gasteiger partial charge in [-0.25, -0.2) is 0 Å². The number of fused-ring (bicyclic) bond motifs is 2. The van der Waals surface area contributed by atoms with E-state index in [0.29, 0.717) is 18.3 Å². The molecule has 5 nitrogen and oxygen atoms in total. The highest BCUT2D eigenvalue weighted by molar-refractivity contribution is 5.95. The first-order valence-corrected chi connectivity index (χ1v) is 8.81. The van der Waals surface area contributed by atoms with Gasteiger partial charge in [0.2, 0.25) is 5.91 Å². The molecule has 5 heteroatoms. The Morgan fingerprint density at radius 3 is 2.68 bits per heavy atom. The van der Waals surface area contributed by atoms with Gasteiger partial charge in [-0.05, 0) is 29.5 Å². The molecule has 2 saturated heterocycles. The van der Waals surface area contributed by atoms with Gasteiger partial charge in [0.05, 0.1) is 14.2 Å². The van der Waals surface area contributed by atoms with E-state index in [2.05, 4.69) is 22.3 Å². The second-order valence-corrected chi connectivity index (χ2v) is 7.03. The van der Waals surface area contributed by atoms with Gasteiger partial charge in [-0.1, -0.05) is 18.2 Å². The third-order valence-corrected chi connectivity index (χ3v) is 5.54. The average Bonchev–Trinajstić information content (AvgIpc) is 3.02. The first kappa shape index (κ1) is 16.2. The number of piperidine rings is 1. The number of nitrogens with one attached hydrogen (secondary N) is 1. The Balaban J connectivity index is 1.65. The van der Waals surface area contributed by atoms with Crippen LogP contribution in [0.1, 0.15) is 12.0 Å². The number of ether oxygens (including phenoxy) is 2. The van der Waals surface area contributed by atoms with Gasteiger partial charge >= 0.3 is 0 Å². The summed E-state index contributed by atoms with van der Waals surface area (Å²) in [6, 6.07) is 10.2. The molecule has 2 aliphatic heterocycles. The monoisotopic (exact) mass is 340 g/mol. The molecular formula is C20H24N2O3. The standard InChI is InChI=1S/C20H24N2O3/c1-24-17-7-6-13(20-16(17)4-3-5-18(20)25-2)10-22-11-14-8-19(23)21-9-15(14)12-22/h3-7,14-15H,8-12H2,1-2H3,(H,21,23)/t14-,15+/m1/s1. The van der Waals surface area contributed by atoms with Crippen molar-refractivity contribution in [3.8, 4) is 11.5 Å². The number of carbonyl (C=O) groups is 1. The highest BCUT2D eigenvalue weighted by Crippen LogP contribution is 2.37. The van der Waals surface area contributed by atoms with Crippen molar-refractivity contribution in [2.45, 2.75) is 13.0 Å². The molecule has 0 aromatic heterocycles. The van der Waals surface area contributed by atoms with E-state index in [1.807, 2.05) is 18.2 Å². The van der Waals surface area contributed by atoms with Gasteiger partial charge in [0.1, 0.15) is 11.5 Å². The summed E-state index contributed by atoms with van der Waals surface area (Å²) in [7, 11) is 3.41. The summed E-state index contributed by atoms with van der Waals surface area (Å²) in [6.07, 6.45) is 0.661. The maximum absolute atomic E-state index is 11.6. The largest absolute Gasteiger partial charge is 0.496 e. The third kappa shape index (κ3) is 2.93. The van der Waals surface area contributed by atoms with Crippen molar-refractivity contribution in [3.63, 3.8) is 0 Å². The highest BCUT2D eigenvalue weighted by atomic mass is 16.5. The summed E-state index contributed by atoms with van der Waals surface area (Å²) in [4.78, 5) is 14.1. The lowest BCUT2D eigenvalue weighted by molar-refractivity contribution is -0.124. The van der Waals surface area contributed by atoms with Gasteiger partial charge in [0.25, 0.3) is 0 Å². The second kappa shape index (κ2) is 6.56. The summed E-state index contributed by atoms with van der Waals surface area (Å²) in [6.45, 7) is 3.70. The number of carbonyl (C=O) groups excluding carboxylic acids is 1. The summed E-state index contributed by atoms with van der Waals surface area (Å²) in [5.74, 6) is 2.99. The minimum Gasteiger partial charge on any atom is -0.496 e. The Morgan fingerprint density at radius 2 is 1.88 bits per heavy atom. The van der Waals surface area contributed by atoms with E-state index < -0.39 is 0 Å². The molecule has 2 fully saturated rings. The van der Waals surface area contributed by atoms with E-state index in [9.17, 15) is 4.79 Å². The van der Waals surface area contributed by atoms with E-state index in [0.717, 1.165) is 48.5 Å². The fraction of sp³-hybridized carbons (Fsp3) is 0.450. The van der Waals surface area contributed by atoms with Crippen molar-refractivity contribution in [1.29, 1.82) is 0 Å². The topological polar surface area (TPSA) is 50.8 Å². The molecule has 0 aliphatic carbocycles. The first-order valence-electron chi connectivity index (χ1n) is 8.81. The molecular weight excluding hydrogens is 316 g/mol. The van der Waals surface area contributed by atoms with E-state index in [-0.39, 0.29) is 5.91 Å². The van der Waals surface area contributed by atoms with Crippen molar-refractivity contribution in [1.82, 2.24) is 10.2 Å². The Hall–Kier alpha value is -2.27. The zero-order chi connectivity index (χ0) is 17.4. The molecule has 1 N–H and O–H groups in total. The van der Waals surface area contributed by atoms with E-state index in [4.69, 9.17) is 9.47 Å². The molecule has 4 rings (SSSR count). The van der Waals surface area contributed by atoms with Crippen LogP contribution < -0.4 is 14.8 Å². The number of likely N-dealkylation sites (tertiary alicyclic amines) is 1. The number of rotatable bonds is 4. The molecule has 2 aromatic carbocycles. The van der Waals surface area contributed by atoms with E-state index in [1.54, 1.807) is 14.2 Å². The Bertz CT molecular complexity index is 805. The van der Waals surface area contributed by atoms with Crippen LogP contribution in [0.3, 0.4) is 0 Å². The number of methoxy groups -OCH3 is 2. The summed E-state index contributed by atoms with van der Waals surface area (Å²) in [5, 5.41) is 5.19. The van der Waals surface area contributed by atoms with Crippen LogP contribution >= 0.6 is 0 Å². The third-order valence-electron chi connectivity index (χ3n) is 5.54. The zero-order valence-electron chi connectivity index (χ0n) is 14.7. The van der Waals surface area contributed by atoms with Crippen molar-refractivity contribution < 1.29 is 14.3 Å². The van der Waals surface area contributed by atoms with Crippen LogP contribution in [0.4, 0.5) is 0 Å². The molecule has 2 aliphatic rings. The number of hydrogen-bond donors (Lipinski definition) is 1. The van der Waals surface area contributed by atoms with Crippen molar-refractivity contribution in [2.24, 2.45) is 11.8 Å². The quantitative estimate of drug-likeness (QED) is 0.929. The van der Waals surface area contributed by atoms with E-state index in [1.165, 1.54) is 5.56 Å². The molecule has 1 amide bonds. The van der Waals surface area contributed by atoms with Crippen LogP contribution in [0, 0.1) is 11.8 Å². The molecule has 0 saturated carbocycles. The number of nitrogens with zero attached hydrogens (tertiary/aromatic N) is 1. The van der Waals surface area contributed by atoms with Crippen LogP contribution in [0.2, 0.25) is 0 Å². The van der Waals surface area contributed by atoms with Crippen LogP contribution in [0.15, 0.2) is 30.3 Å². The molecule has 0 spiro atoms. The highest BCUT2D eigenvalue weighted by Gasteiger charge is 2.37. The van der Waals surface area contributed by atoms with Gasteiger partial charge in [0.15, 0.2) is 0 Å². The lowest BCUT2D eigenvalue weighted by Crippen LogP contribution is -2.39. The molecule has 25 heavy (non-hydrogen) atoms. The fourth-order valence-corrected chi connectivity index (χ4v) is 4.32. The minimum absolute atomic E-state index is 0.194. The minimum atomic E-state index is 0.194. The zero-order valence-corrected chi connectivity index (χ0v) is 14.7. The molecule has 2 aromatic rings. The van der Waals surface area contributed by atoms with Gasteiger partial charge in [-0.2, -0.15) is 0 Å². The van der Waals surface area contributed by atoms with Gasteiger partial charge in [-0.15, -0.1) is 0 Å². The Labute approximate surface area is 147 Å². The molecule has 132 valence electrons. The molecule has 2 atom stereocenters. The summed E-state index contributed by atoms with van der Waals surface area (Å²) < 4.78 is 11.1. The number of amides is 1. The van der Waals surface area contributed by atoms with Gasteiger partial charge in [-0.3, -0.25) is 9.69 Å².